The molecule has 314 valence electrons. The van der Waals surface area contributed by atoms with Gasteiger partial charge in [0.15, 0.2) is 0 Å². The third-order valence-electron chi connectivity index (χ3n) is 12.3. The van der Waals surface area contributed by atoms with Crippen LogP contribution in [0, 0.1) is 0 Å². The Kier molecular flexibility index (Phi) is 15.9. The van der Waals surface area contributed by atoms with Crippen LogP contribution in [0.25, 0.3) is 0 Å². The molecular weight excluding hydrogens is 705 g/mol. The summed E-state index contributed by atoms with van der Waals surface area (Å²) in [5.74, 6) is 1.73. The highest BCUT2D eigenvalue weighted by Gasteiger charge is 2.49. The van der Waals surface area contributed by atoms with E-state index in [4.69, 9.17) is 9.47 Å². The van der Waals surface area contributed by atoms with Gasteiger partial charge in [-0.3, -0.25) is 19.4 Å². The molecule has 2 aromatic carbocycles. The van der Waals surface area contributed by atoms with Crippen LogP contribution in [0.1, 0.15) is 121 Å². The van der Waals surface area contributed by atoms with E-state index in [1.807, 2.05) is 60.7 Å². The van der Waals surface area contributed by atoms with Crippen LogP contribution < -0.4 is 9.47 Å². The Morgan fingerprint density at radius 3 is 1.18 bits per heavy atom. The average molecular weight is 779 g/mol. The van der Waals surface area contributed by atoms with Gasteiger partial charge in [0.1, 0.15) is 36.9 Å². The van der Waals surface area contributed by atoms with Crippen molar-refractivity contribution in [3.8, 4) is 11.5 Å². The zero-order chi connectivity index (χ0) is 41.3. The summed E-state index contributed by atoms with van der Waals surface area (Å²) in [4.78, 5) is 35.1. The molecule has 2 amide bonds. The first-order chi connectivity index (χ1) is 26.2. The number of nitrogens with zero attached hydrogens (tertiary/aromatic N) is 4. The zero-order valence-corrected chi connectivity index (χ0v) is 36.3. The molecule has 2 unspecified atom stereocenters. The summed E-state index contributed by atoms with van der Waals surface area (Å²) in [6.07, 6.45) is 5.90. The molecule has 0 spiro atoms. The molecule has 2 aromatic rings. The first kappa shape index (κ1) is 45.5. The smallest absolute Gasteiger partial charge is 0.219 e. The lowest BCUT2D eigenvalue weighted by atomic mass is 9.76. The van der Waals surface area contributed by atoms with Crippen LogP contribution in [0.3, 0.4) is 0 Å². The lowest BCUT2D eigenvalue weighted by Crippen LogP contribution is -2.66. The molecule has 10 nitrogen and oxygen atoms in total. The van der Waals surface area contributed by atoms with Crippen LogP contribution >= 0.6 is 0 Å². The van der Waals surface area contributed by atoms with Crippen molar-refractivity contribution in [2.45, 2.75) is 167 Å². The van der Waals surface area contributed by atoms with Crippen LogP contribution in [0.2, 0.25) is 0 Å². The van der Waals surface area contributed by atoms with Gasteiger partial charge in [0.25, 0.3) is 0 Å². The number of para-hydroxylation sites is 2. The van der Waals surface area contributed by atoms with E-state index in [2.05, 4.69) is 75.0 Å². The van der Waals surface area contributed by atoms with Gasteiger partial charge in [-0.2, -0.15) is 0 Å². The predicted molar refractivity (Wildman–Crippen MR) is 225 cm³/mol. The zero-order valence-electron chi connectivity index (χ0n) is 36.3. The van der Waals surface area contributed by atoms with Gasteiger partial charge in [0.05, 0.1) is 0 Å². The van der Waals surface area contributed by atoms with E-state index >= 15 is 0 Å². The number of likely N-dealkylation sites (tertiary alicyclic amines) is 2. The SMILES string of the molecule is CC(=O)N(CCCCCCN(C(C)=O)C1CC(C)(C)N(CC(O)COc2ccccc2)C(C)(C)C1)C1CC(C)(C)N(CC(O)COc2ccccc2)C(C)(C)C1. The van der Waals surface area contributed by atoms with Crippen LogP contribution in [-0.2, 0) is 9.59 Å². The molecule has 0 aliphatic carbocycles. The Labute approximate surface area is 338 Å². The normalized spacial score (nSPS) is 20.9. The van der Waals surface area contributed by atoms with Crippen molar-refractivity contribution in [2.24, 2.45) is 0 Å². The highest BCUT2D eigenvalue weighted by Crippen LogP contribution is 2.42. The Balaban J connectivity index is 1.24. The standard InChI is InChI=1S/C46H74N4O6/c1-35(51)47(37-27-43(3,4)49(44(5,6)28-37)31-39(53)33-55-41-21-15-13-16-22-41)25-19-11-12-20-26-48(36(2)52)38-29-45(7,8)50(46(9,10)30-38)32-40(54)34-56-42-23-17-14-18-24-42/h13-18,21-24,37-40,53-54H,11-12,19-20,25-34H2,1-10H3. The molecule has 0 aromatic heterocycles. The van der Waals surface area contributed by atoms with Gasteiger partial charge in [-0.1, -0.05) is 49.2 Å². The number of amides is 2. The summed E-state index contributed by atoms with van der Waals surface area (Å²) in [5, 5.41) is 22.0. The number of benzene rings is 2. The van der Waals surface area contributed by atoms with E-state index in [9.17, 15) is 19.8 Å². The van der Waals surface area contributed by atoms with Crippen molar-refractivity contribution in [1.82, 2.24) is 19.6 Å². The van der Waals surface area contributed by atoms with E-state index in [0.717, 1.165) is 76.0 Å². The number of hydrogen-bond acceptors (Lipinski definition) is 8. The fraction of sp³-hybridized carbons (Fsp3) is 0.696. The molecule has 56 heavy (non-hydrogen) atoms. The van der Waals surface area contributed by atoms with Crippen LogP contribution in [0.5, 0.6) is 11.5 Å². The summed E-state index contributed by atoms with van der Waals surface area (Å²) < 4.78 is 11.7. The highest BCUT2D eigenvalue weighted by molar-refractivity contribution is 5.74. The van der Waals surface area contributed by atoms with Gasteiger partial charge in [-0.15, -0.1) is 0 Å². The number of carbonyl (C=O) groups excluding carboxylic acids is 2. The van der Waals surface area contributed by atoms with E-state index in [-0.39, 0.29) is 59.3 Å². The number of aliphatic hydroxyl groups excluding tert-OH is 2. The second kappa shape index (κ2) is 19.5. The maximum absolute atomic E-state index is 13.1. The molecule has 2 N–H and O–H groups in total. The Hall–Kier alpha value is -3.18. The van der Waals surface area contributed by atoms with E-state index in [0.29, 0.717) is 13.1 Å². The molecule has 4 rings (SSSR count). The van der Waals surface area contributed by atoms with Crippen LogP contribution in [-0.4, -0.2) is 127 Å². The second-order valence-electron chi connectivity index (χ2n) is 19.0. The minimum absolute atomic E-state index is 0.113. The molecular formula is C46H74N4O6. The molecule has 2 heterocycles. The molecule has 2 atom stereocenters. The molecule has 10 heteroatoms. The fourth-order valence-corrected chi connectivity index (χ4v) is 10.0. The number of ether oxygens (including phenoxy) is 2. The number of piperidine rings is 2. The molecule has 2 saturated heterocycles. The van der Waals surface area contributed by atoms with E-state index in [1.165, 1.54) is 0 Å². The highest BCUT2D eigenvalue weighted by atomic mass is 16.5. The average Bonchev–Trinajstić information content (AvgIpc) is 3.10. The quantitative estimate of drug-likeness (QED) is 0.145. The van der Waals surface area contributed by atoms with Crippen molar-refractivity contribution >= 4 is 11.8 Å². The van der Waals surface area contributed by atoms with Gasteiger partial charge < -0.3 is 29.5 Å². The summed E-state index contributed by atoms with van der Waals surface area (Å²) in [6.45, 7) is 24.1. The van der Waals surface area contributed by atoms with Crippen molar-refractivity contribution in [1.29, 1.82) is 0 Å². The second-order valence-corrected chi connectivity index (χ2v) is 19.0. The molecule has 0 radical (unpaired) electrons. The summed E-state index contributed by atoms with van der Waals surface area (Å²) in [6, 6.07) is 19.4. The van der Waals surface area contributed by atoms with Gasteiger partial charge in [0.2, 0.25) is 11.8 Å². The van der Waals surface area contributed by atoms with Gasteiger partial charge in [0, 0.05) is 74.3 Å². The third-order valence-corrected chi connectivity index (χ3v) is 12.3. The fourth-order valence-electron chi connectivity index (χ4n) is 10.0. The Morgan fingerprint density at radius 2 is 0.893 bits per heavy atom. The lowest BCUT2D eigenvalue weighted by molar-refractivity contribution is -0.139. The number of β-amino-alcohol motifs (C(OH)–C–C–N with tert-alkyl or cyclic N) is 2. The monoisotopic (exact) mass is 779 g/mol. The molecule has 0 saturated carbocycles. The van der Waals surface area contributed by atoms with Gasteiger partial charge in [-0.05, 0) is 118 Å². The summed E-state index contributed by atoms with van der Waals surface area (Å²) in [5.41, 5.74) is -0.889. The van der Waals surface area contributed by atoms with Crippen LogP contribution in [0.4, 0.5) is 0 Å². The van der Waals surface area contributed by atoms with E-state index in [1.54, 1.807) is 13.8 Å². The van der Waals surface area contributed by atoms with Crippen molar-refractivity contribution in [2.75, 3.05) is 39.4 Å². The lowest BCUT2D eigenvalue weighted by Gasteiger charge is -2.57. The van der Waals surface area contributed by atoms with Crippen molar-refractivity contribution < 1.29 is 29.3 Å². The van der Waals surface area contributed by atoms with Gasteiger partial charge >= 0.3 is 0 Å². The summed E-state index contributed by atoms with van der Waals surface area (Å²) in [7, 11) is 0. The maximum atomic E-state index is 13.1. The van der Waals surface area contributed by atoms with Crippen LogP contribution in [0.15, 0.2) is 60.7 Å². The maximum Gasteiger partial charge on any atom is 0.219 e. The summed E-state index contributed by atoms with van der Waals surface area (Å²) >= 11 is 0. The molecule has 0 bridgehead atoms. The van der Waals surface area contributed by atoms with Crippen molar-refractivity contribution in [3.05, 3.63) is 60.7 Å². The molecule has 2 aliphatic heterocycles. The van der Waals surface area contributed by atoms with E-state index < -0.39 is 12.2 Å². The third kappa shape index (κ3) is 12.7. The number of hydrogen-bond donors (Lipinski definition) is 2. The molecule has 2 aliphatic rings. The largest absolute Gasteiger partial charge is 0.491 e. The molecule has 2 fully saturated rings. The number of carbonyl (C=O) groups is 2. The topological polar surface area (TPSA) is 106 Å². The van der Waals surface area contributed by atoms with Crippen molar-refractivity contribution in [3.63, 3.8) is 0 Å². The Bertz CT molecular complexity index is 1370. The minimum atomic E-state index is -0.635. The number of aliphatic hydroxyl groups is 2. The number of unbranched alkanes of at least 4 members (excludes halogenated alkanes) is 3. The Morgan fingerprint density at radius 1 is 0.589 bits per heavy atom. The minimum Gasteiger partial charge on any atom is -0.491 e. The predicted octanol–water partition coefficient (Wildman–Crippen LogP) is 7.17. The first-order valence-electron chi connectivity index (χ1n) is 21.0. The van der Waals surface area contributed by atoms with Gasteiger partial charge in [-0.25, -0.2) is 0 Å². The number of rotatable bonds is 19. The first-order valence-corrected chi connectivity index (χ1v) is 21.0.